The van der Waals surface area contributed by atoms with Gasteiger partial charge in [0.05, 0.1) is 10.7 Å². The third-order valence-corrected chi connectivity index (χ3v) is 4.27. The maximum atomic E-state index is 13.5. The van der Waals surface area contributed by atoms with Gasteiger partial charge in [0.2, 0.25) is 0 Å². The Labute approximate surface area is 119 Å². The normalized spacial score (nSPS) is 11.3. The lowest BCUT2D eigenvalue weighted by molar-refractivity contribution is 0.597. The molecule has 2 rings (SSSR count). The van der Waals surface area contributed by atoms with E-state index in [0.29, 0.717) is 0 Å². The van der Waals surface area contributed by atoms with Crippen LogP contribution < -0.4 is 10.5 Å². The Morgan fingerprint density at radius 2 is 1.80 bits per heavy atom. The fraction of sp³-hybridized carbons (Fsp3) is 0. The zero-order chi connectivity index (χ0) is 14.9. The summed E-state index contributed by atoms with van der Waals surface area (Å²) in [5.74, 6) is -1.47. The average molecular weight is 319 g/mol. The number of halogens is 3. The molecule has 0 amide bonds. The Morgan fingerprint density at radius 1 is 1.10 bits per heavy atom. The van der Waals surface area contributed by atoms with Crippen LogP contribution >= 0.6 is 11.6 Å². The molecule has 4 nitrogen and oxygen atoms in total. The van der Waals surface area contributed by atoms with Gasteiger partial charge in [0.25, 0.3) is 10.0 Å². The van der Waals surface area contributed by atoms with Crippen LogP contribution in [0.2, 0.25) is 5.02 Å². The minimum Gasteiger partial charge on any atom is -0.399 e. The number of sulfonamides is 1. The second-order valence-corrected chi connectivity index (χ2v) is 5.98. The Bertz CT molecular complexity index is 766. The van der Waals surface area contributed by atoms with Crippen molar-refractivity contribution in [2.75, 3.05) is 10.5 Å². The van der Waals surface area contributed by atoms with Gasteiger partial charge in [0.15, 0.2) is 0 Å². The number of nitrogen functional groups attached to an aromatic ring is 1. The fourth-order valence-corrected chi connectivity index (χ4v) is 3.10. The molecular weight excluding hydrogens is 310 g/mol. The number of nitrogens with two attached hydrogens (primary N) is 1. The van der Waals surface area contributed by atoms with Gasteiger partial charge in [0.1, 0.15) is 16.5 Å². The summed E-state index contributed by atoms with van der Waals surface area (Å²) in [6.07, 6.45) is 0. The SMILES string of the molecule is Nc1ccc(F)c(NS(=O)(=O)c2ccc(F)cc2Cl)c1. The van der Waals surface area contributed by atoms with Gasteiger partial charge in [-0.15, -0.1) is 0 Å². The number of hydrogen-bond donors (Lipinski definition) is 2. The summed E-state index contributed by atoms with van der Waals surface area (Å²) in [5.41, 5.74) is 5.33. The maximum absolute atomic E-state index is 13.5. The van der Waals surface area contributed by atoms with Crippen LogP contribution in [-0.2, 0) is 10.0 Å². The summed E-state index contributed by atoms with van der Waals surface area (Å²) in [7, 11) is -4.14. The molecule has 0 heterocycles. The molecule has 0 radical (unpaired) electrons. The molecule has 2 aromatic rings. The van der Waals surface area contributed by atoms with Crippen molar-refractivity contribution in [1.29, 1.82) is 0 Å². The van der Waals surface area contributed by atoms with E-state index in [-0.39, 0.29) is 21.3 Å². The van der Waals surface area contributed by atoms with Crippen LogP contribution in [-0.4, -0.2) is 8.42 Å². The van der Waals surface area contributed by atoms with Crippen molar-refractivity contribution in [3.8, 4) is 0 Å². The van der Waals surface area contributed by atoms with Gasteiger partial charge in [0, 0.05) is 5.69 Å². The summed E-state index contributed by atoms with van der Waals surface area (Å²) >= 11 is 5.67. The first-order valence-electron chi connectivity index (χ1n) is 5.32. The van der Waals surface area contributed by atoms with E-state index >= 15 is 0 Å². The highest BCUT2D eigenvalue weighted by atomic mass is 35.5. The van der Waals surface area contributed by atoms with E-state index in [1.54, 1.807) is 0 Å². The van der Waals surface area contributed by atoms with Crippen molar-refractivity contribution in [3.63, 3.8) is 0 Å². The van der Waals surface area contributed by atoms with E-state index < -0.39 is 21.7 Å². The van der Waals surface area contributed by atoms with E-state index in [1.165, 1.54) is 6.07 Å². The quantitative estimate of drug-likeness (QED) is 0.854. The minimum absolute atomic E-state index is 0.189. The number of rotatable bonds is 3. The van der Waals surface area contributed by atoms with Crippen molar-refractivity contribution in [2.45, 2.75) is 4.90 Å². The molecule has 20 heavy (non-hydrogen) atoms. The van der Waals surface area contributed by atoms with Gasteiger partial charge in [-0.2, -0.15) is 0 Å². The fourth-order valence-electron chi connectivity index (χ4n) is 1.51. The topological polar surface area (TPSA) is 72.2 Å². The van der Waals surface area contributed by atoms with Crippen LogP contribution in [0, 0.1) is 11.6 Å². The van der Waals surface area contributed by atoms with Gasteiger partial charge in [-0.3, -0.25) is 4.72 Å². The number of benzene rings is 2. The molecule has 2 aromatic carbocycles. The van der Waals surface area contributed by atoms with E-state index in [0.717, 1.165) is 30.3 Å². The molecular formula is C12H9ClF2N2O2S. The molecule has 0 bridgehead atoms. The molecule has 0 fully saturated rings. The lowest BCUT2D eigenvalue weighted by Crippen LogP contribution is -2.14. The first kappa shape index (κ1) is 14.5. The second kappa shape index (κ2) is 5.26. The van der Waals surface area contributed by atoms with Crippen LogP contribution in [0.15, 0.2) is 41.3 Å². The molecule has 0 aliphatic heterocycles. The van der Waals surface area contributed by atoms with Crippen LogP contribution in [0.5, 0.6) is 0 Å². The molecule has 8 heteroatoms. The van der Waals surface area contributed by atoms with Crippen molar-refractivity contribution < 1.29 is 17.2 Å². The van der Waals surface area contributed by atoms with Crippen molar-refractivity contribution in [3.05, 3.63) is 53.1 Å². The van der Waals surface area contributed by atoms with Gasteiger partial charge in [-0.25, -0.2) is 17.2 Å². The van der Waals surface area contributed by atoms with Crippen LogP contribution in [0.25, 0.3) is 0 Å². The largest absolute Gasteiger partial charge is 0.399 e. The summed E-state index contributed by atoms with van der Waals surface area (Å²) in [5, 5.41) is -0.304. The second-order valence-electron chi connectivity index (χ2n) is 3.92. The standard InChI is InChI=1S/C12H9ClF2N2O2S/c13-9-5-7(14)1-4-12(9)20(18,19)17-11-6-8(16)2-3-10(11)15/h1-6,17H,16H2. The molecule has 0 spiro atoms. The summed E-state index contributed by atoms with van der Waals surface area (Å²) in [6.45, 7) is 0. The highest BCUT2D eigenvalue weighted by molar-refractivity contribution is 7.92. The Hall–Kier alpha value is -1.86. The first-order chi connectivity index (χ1) is 9.29. The smallest absolute Gasteiger partial charge is 0.263 e. The Balaban J connectivity index is 2.43. The molecule has 106 valence electrons. The van der Waals surface area contributed by atoms with Crippen LogP contribution in [0.3, 0.4) is 0 Å². The van der Waals surface area contributed by atoms with Crippen LogP contribution in [0.1, 0.15) is 0 Å². The van der Waals surface area contributed by atoms with E-state index in [2.05, 4.69) is 0 Å². The molecule has 0 atom stereocenters. The predicted molar refractivity (Wildman–Crippen MR) is 73.0 cm³/mol. The Morgan fingerprint density at radius 3 is 2.45 bits per heavy atom. The van der Waals surface area contributed by atoms with Gasteiger partial charge >= 0.3 is 0 Å². The first-order valence-corrected chi connectivity index (χ1v) is 7.18. The van der Waals surface area contributed by atoms with E-state index in [9.17, 15) is 17.2 Å². The molecule has 0 aromatic heterocycles. The molecule has 0 saturated heterocycles. The Kier molecular flexibility index (Phi) is 3.82. The third-order valence-electron chi connectivity index (χ3n) is 2.42. The number of anilines is 2. The third kappa shape index (κ3) is 3.00. The monoisotopic (exact) mass is 318 g/mol. The summed E-state index contributed by atoms with van der Waals surface area (Å²) < 4.78 is 52.6. The lowest BCUT2D eigenvalue weighted by atomic mass is 10.3. The summed E-state index contributed by atoms with van der Waals surface area (Å²) in [6, 6.07) is 6.23. The van der Waals surface area contributed by atoms with Gasteiger partial charge in [-0.05, 0) is 36.4 Å². The molecule has 0 saturated carbocycles. The van der Waals surface area contributed by atoms with Crippen molar-refractivity contribution in [2.24, 2.45) is 0 Å². The summed E-state index contributed by atoms with van der Waals surface area (Å²) in [4.78, 5) is -0.359. The molecule has 0 aliphatic carbocycles. The number of nitrogens with one attached hydrogen (secondary N) is 1. The van der Waals surface area contributed by atoms with E-state index in [1.807, 2.05) is 4.72 Å². The minimum atomic E-state index is -4.14. The lowest BCUT2D eigenvalue weighted by Gasteiger charge is -2.10. The van der Waals surface area contributed by atoms with E-state index in [4.69, 9.17) is 17.3 Å². The zero-order valence-corrected chi connectivity index (χ0v) is 11.5. The highest BCUT2D eigenvalue weighted by Gasteiger charge is 2.20. The van der Waals surface area contributed by atoms with Crippen molar-refractivity contribution >= 4 is 33.0 Å². The maximum Gasteiger partial charge on any atom is 0.263 e. The zero-order valence-electron chi connectivity index (χ0n) is 9.90. The molecule has 0 aliphatic rings. The number of hydrogen-bond acceptors (Lipinski definition) is 3. The van der Waals surface area contributed by atoms with Gasteiger partial charge < -0.3 is 5.73 Å². The highest BCUT2D eigenvalue weighted by Crippen LogP contribution is 2.26. The van der Waals surface area contributed by atoms with Gasteiger partial charge in [-0.1, -0.05) is 11.6 Å². The van der Waals surface area contributed by atoms with Crippen LogP contribution in [0.4, 0.5) is 20.2 Å². The predicted octanol–water partition coefficient (Wildman–Crippen LogP) is 3.00. The van der Waals surface area contributed by atoms with Crippen molar-refractivity contribution in [1.82, 2.24) is 0 Å². The average Bonchev–Trinajstić information content (AvgIpc) is 2.33. The molecule has 3 N–H and O–H groups in total. The molecule has 0 unspecified atom stereocenters.